The van der Waals surface area contributed by atoms with Crippen LogP contribution in [0.25, 0.3) is 0 Å². The molecular formula is C14H24N2O2S. The van der Waals surface area contributed by atoms with Gasteiger partial charge in [-0.25, -0.2) is 4.79 Å². The maximum Gasteiger partial charge on any atom is 0.315 e. The largest absolute Gasteiger partial charge is 0.396 e. The Kier molecular flexibility index (Phi) is 6.31. The van der Waals surface area contributed by atoms with Gasteiger partial charge in [0.25, 0.3) is 0 Å². The van der Waals surface area contributed by atoms with Gasteiger partial charge in [-0.05, 0) is 52.2 Å². The zero-order chi connectivity index (χ0) is 14.4. The van der Waals surface area contributed by atoms with E-state index < -0.39 is 0 Å². The fourth-order valence-corrected chi connectivity index (χ4v) is 3.11. The molecule has 0 radical (unpaired) electrons. The van der Waals surface area contributed by atoms with E-state index in [-0.39, 0.29) is 24.7 Å². The first-order valence-electron chi connectivity index (χ1n) is 6.68. The summed E-state index contributed by atoms with van der Waals surface area (Å²) in [4.78, 5) is 14.3. The second-order valence-electron chi connectivity index (χ2n) is 4.97. The van der Waals surface area contributed by atoms with Crippen LogP contribution in [-0.4, -0.2) is 23.8 Å². The summed E-state index contributed by atoms with van der Waals surface area (Å²) in [5.41, 5.74) is 1.18. The molecule has 19 heavy (non-hydrogen) atoms. The summed E-state index contributed by atoms with van der Waals surface area (Å²) >= 11 is 1.75. The van der Waals surface area contributed by atoms with Gasteiger partial charge in [0.1, 0.15) is 0 Å². The average Bonchev–Trinajstić information content (AvgIpc) is 2.65. The quantitative estimate of drug-likeness (QED) is 0.752. The Morgan fingerprint density at radius 2 is 2.05 bits per heavy atom. The summed E-state index contributed by atoms with van der Waals surface area (Å²) in [5.74, 6) is 0. The summed E-state index contributed by atoms with van der Waals surface area (Å²) in [7, 11) is 0. The van der Waals surface area contributed by atoms with Gasteiger partial charge in [-0.3, -0.25) is 0 Å². The molecule has 0 bridgehead atoms. The highest BCUT2D eigenvalue weighted by Gasteiger charge is 2.14. The Morgan fingerprint density at radius 1 is 1.37 bits per heavy atom. The van der Waals surface area contributed by atoms with Crippen molar-refractivity contribution in [2.45, 2.75) is 52.6 Å². The van der Waals surface area contributed by atoms with E-state index in [0.717, 1.165) is 6.42 Å². The van der Waals surface area contributed by atoms with E-state index in [2.05, 4.69) is 30.5 Å². The number of carbonyl (C=O) groups excluding carboxylic acids is 1. The molecule has 1 aromatic rings. The first-order chi connectivity index (χ1) is 8.93. The molecule has 0 aromatic carbocycles. The number of hydrogen-bond acceptors (Lipinski definition) is 3. The SMILES string of the molecule is Cc1cc(C(C)NC(=O)NC(C)CCCO)c(C)s1. The van der Waals surface area contributed by atoms with Gasteiger partial charge in [0.05, 0.1) is 6.04 Å². The number of amides is 2. The maximum atomic E-state index is 11.8. The van der Waals surface area contributed by atoms with Crippen molar-refractivity contribution in [3.63, 3.8) is 0 Å². The number of urea groups is 1. The van der Waals surface area contributed by atoms with Crippen molar-refractivity contribution in [2.24, 2.45) is 0 Å². The van der Waals surface area contributed by atoms with Crippen LogP contribution < -0.4 is 10.6 Å². The Morgan fingerprint density at radius 3 is 2.58 bits per heavy atom. The first-order valence-corrected chi connectivity index (χ1v) is 7.50. The number of hydrogen-bond donors (Lipinski definition) is 3. The number of thiophene rings is 1. The van der Waals surface area contributed by atoms with Crippen LogP contribution in [0.3, 0.4) is 0 Å². The molecule has 3 N–H and O–H groups in total. The van der Waals surface area contributed by atoms with Crippen LogP contribution in [-0.2, 0) is 0 Å². The molecule has 2 amide bonds. The number of aliphatic hydroxyl groups is 1. The number of nitrogens with one attached hydrogen (secondary N) is 2. The molecule has 0 saturated heterocycles. The lowest BCUT2D eigenvalue weighted by Gasteiger charge is -2.18. The van der Waals surface area contributed by atoms with Gasteiger partial charge in [-0.2, -0.15) is 0 Å². The molecule has 0 aliphatic heterocycles. The van der Waals surface area contributed by atoms with E-state index in [4.69, 9.17) is 5.11 Å². The minimum absolute atomic E-state index is 0.00925. The van der Waals surface area contributed by atoms with Crippen LogP contribution in [0.2, 0.25) is 0 Å². The number of aliphatic hydroxyl groups excluding tert-OH is 1. The molecule has 2 unspecified atom stereocenters. The molecule has 108 valence electrons. The van der Waals surface area contributed by atoms with Gasteiger partial charge in [0.2, 0.25) is 0 Å². The van der Waals surface area contributed by atoms with Gasteiger partial charge in [-0.15, -0.1) is 11.3 Å². The minimum Gasteiger partial charge on any atom is -0.396 e. The van der Waals surface area contributed by atoms with Crippen molar-refractivity contribution >= 4 is 17.4 Å². The third kappa shape index (κ3) is 5.20. The van der Waals surface area contributed by atoms with Gasteiger partial charge < -0.3 is 15.7 Å². The molecule has 4 nitrogen and oxygen atoms in total. The topological polar surface area (TPSA) is 61.4 Å². The molecule has 0 aliphatic carbocycles. The van der Waals surface area contributed by atoms with Crippen LogP contribution in [0.5, 0.6) is 0 Å². The molecule has 0 saturated carbocycles. The molecule has 1 aromatic heterocycles. The van der Waals surface area contributed by atoms with Crippen LogP contribution in [0.4, 0.5) is 4.79 Å². The second kappa shape index (κ2) is 7.50. The highest BCUT2D eigenvalue weighted by atomic mass is 32.1. The van der Waals surface area contributed by atoms with E-state index in [1.165, 1.54) is 15.3 Å². The molecule has 1 rings (SSSR count). The highest BCUT2D eigenvalue weighted by Crippen LogP contribution is 2.25. The highest BCUT2D eigenvalue weighted by molar-refractivity contribution is 7.12. The third-order valence-electron chi connectivity index (χ3n) is 3.07. The third-order valence-corrected chi connectivity index (χ3v) is 4.05. The fraction of sp³-hybridized carbons (Fsp3) is 0.643. The Hall–Kier alpha value is -1.07. The van der Waals surface area contributed by atoms with E-state index >= 15 is 0 Å². The molecule has 0 fully saturated rings. The van der Waals surface area contributed by atoms with E-state index in [1.807, 2.05) is 13.8 Å². The zero-order valence-electron chi connectivity index (χ0n) is 12.1. The normalized spacial score (nSPS) is 13.9. The number of rotatable bonds is 6. The predicted octanol–water partition coefficient (Wildman–Crippen LogP) is 2.89. The summed E-state index contributed by atoms with van der Waals surface area (Å²) in [6.45, 7) is 8.25. The molecule has 0 spiro atoms. The maximum absolute atomic E-state index is 11.8. The summed E-state index contributed by atoms with van der Waals surface area (Å²) < 4.78 is 0. The zero-order valence-corrected chi connectivity index (χ0v) is 12.9. The van der Waals surface area contributed by atoms with Crippen molar-refractivity contribution in [3.05, 3.63) is 21.4 Å². The molecule has 1 heterocycles. The van der Waals surface area contributed by atoms with Crippen molar-refractivity contribution < 1.29 is 9.90 Å². The van der Waals surface area contributed by atoms with Crippen LogP contribution >= 0.6 is 11.3 Å². The smallest absolute Gasteiger partial charge is 0.315 e. The number of carbonyl (C=O) groups is 1. The van der Waals surface area contributed by atoms with E-state index in [1.54, 1.807) is 11.3 Å². The van der Waals surface area contributed by atoms with Gasteiger partial charge in [-0.1, -0.05) is 0 Å². The number of aryl methyl sites for hydroxylation is 2. The summed E-state index contributed by atoms with van der Waals surface area (Å²) in [6.07, 6.45) is 1.49. The lowest BCUT2D eigenvalue weighted by molar-refractivity contribution is 0.231. The summed E-state index contributed by atoms with van der Waals surface area (Å²) in [5, 5.41) is 14.6. The van der Waals surface area contributed by atoms with Gasteiger partial charge in [0.15, 0.2) is 0 Å². The lowest BCUT2D eigenvalue weighted by Crippen LogP contribution is -2.41. The van der Waals surface area contributed by atoms with E-state index in [0.29, 0.717) is 6.42 Å². The Balaban J connectivity index is 2.46. The molecule has 2 atom stereocenters. The summed E-state index contributed by atoms with van der Waals surface area (Å²) in [6, 6.07) is 2.06. The average molecular weight is 284 g/mol. The second-order valence-corrected chi connectivity index (χ2v) is 6.44. The molecule has 0 aliphatic rings. The fourth-order valence-electron chi connectivity index (χ4n) is 2.09. The Bertz CT molecular complexity index is 418. The lowest BCUT2D eigenvalue weighted by atomic mass is 10.1. The standard InChI is InChI=1S/C14H24N2O2S/c1-9(6-5-7-17)15-14(18)16-11(3)13-8-10(2)19-12(13)4/h8-9,11,17H,5-7H2,1-4H3,(H2,15,16,18). The molecular weight excluding hydrogens is 260 g/mol. The van der Waals surface area contributed by atoms with Crippen molar-refractivity contribution in [3.8, 4) is 0 Å². The van der Waals surface area contributed by atoms with Crippen molar-refractivity contribution in [1.29, 1.82) is 0 Å². The van der Waals surface area contributed by atoms with Gasteiger partial charge >= 0.3 is 6.03 Å². The first kappa shape index (κ1) is 16.0. The van der Waals surface area contributed by atoms with Crippen LogP contribution in [0, 0.1) is 13.8 Å². The Labute approximate surface area is 119 Å². The van der Waals surface area contributed by atoms with E-state index in [9.17, 15) is 4.79 Å². The monoisotopic (exact) mass is 284 g/mol. The van der Waals surface area contributed by atoms with Crippen molar-refractivity contribution in [2.75, 3.05) is 6.61 Å². The molecule has 5 heteroatoms. The minimum atomic E-state index is -0.152. The predicted molar refractivity (Wildman–Crippen MR) is 79.7 cm³/mol. The van der Waals surface area contributed by atoms with Crippen molar-refractivity contribution in [1.82, 2.24) is 10.6 Å². The van der Waals surface area contributed by atoms with Crippen LogP contribution in [0.15, 0.2) is 6.07 Å². The van der Waals surface area contributed by atoms with Crippen LogP contribution in [0.1, 0.15) is 48.0 Å². The van der Waals surface area contributed by atoms with Gasteiger partial charge in [0, 0.05) is 22.4 Å².